The largest absolute Gasteiger partial charge is 0.450 e. The van der Waals surface area contributed by atoms with E-state index in [2.05, 4.69) is 4.90 Å². The number of carbonyl (C=O) groups excluding carboxylic acids is 2. The molecule has 6 heteroatoms. The number of carbonyl (C=O) groups is 2. The molecule has 0 atom stereocenters. The Kier molecular flexibility index (Phi) is 7.91. The molecule has 22 heavy (non-hydrogen) atoms. The summed E-state index contributed by atoms with van der Waals surface area (Å²) in [5, 5.41) is 0. The van der Waals surface area contributed by atoms with Gasteiger partial charge in [-0.1, -0.05) is 30.3 Å². The van der Waals surface area contributed by atoms with Gasteiger partial charge in [0.15, 0.2) is 5.78 Å². The first-order valence-corrected chi connectivity index (χ1v) is 7.43. The first-order chi connectivity index (χ1) is 10.2. The summed E-state index contributed by atoms with van der Waals surface area (Å²) in [5.41, 5.74) is 0.766. The Labute approximate surface area is 137 Å². The Morgan fingerprint density at radius 3 is 2.32 bits per heavy atom. The third kappa shape index (κ3) is 5.31. The van der Waals surface area contributed by atoms with E-state index in [1.165, 1.54) is 0 Å². The van der Waals surface area contributed by atoms with Crippen LogP contribution in [0.15, 0.2) is 30.3 Å². The van der Waals surface area contributed by atoms with E-state index in [4.69, 9.17) is 4.74 Å². The summed E-state index contributed by atoms with van der Waals surface area (Å²) in [4.78, 5) is 27.6. The second kappa shape index (κ2) is 9.43. The maximum Gasteiger partial charge on any atom is 0.409 e. The van der Waals surface area contributed by atoms with Crippen molar-refractivity contribution in [1.82, 2.24) is 9.80 Å². The molecule has 1 aliphatic rings. The highest BCUT2D eigenvalue weighted by molar-refractivity contribution is 5.96. The normalized spacial score (nSPS) is 15.0. The van der Waals surface area contributed by atoms with Crippen molar-refractivity contribution in [3.63, 3.8) is 0 Å². The molecule has 1 aromatic carbocycles. The van der Waals surface area contributed by atoms with Crippen molar-refractivity contribution in [2.45, 2.75) is 13.3 Å². The molecule has 0 aliphatic carbocycles. The number of benzene rings is 1. The van der Waals surface area contributed by atoms with Crippen LogP contribution in [0.5, 0.6) is 0 Å². The maximum atomic E-state index is 12.0. The van der Waals surface area contributed by atoms with E-state index < -0.39 is 0 Å². The average molecular weight is 327 g/mol. The smallest absolute Gasteiger partial charge is 0.409 e. The zero-order valence-corrected chi connectivity index (χ0v) is 13.7. The molecule has 0 bridgehead atoms. The minimum atomic E-state index is -0.238. The molecule has 5 nitrogen and oxygen atoms in total. The van der Waals surface area contributed by atoms with Crippen LogP contribution in [0.4, 0.5) is 4.79 Å². The average Bonchev–Trinajstić information content (AvgIpc) is 2.54. The van der Waals surface area contributed by atoms with Crippen LogP contribution in [-0.2, 0) is 4.74 Å². The predicted octanol–water partition coefficient (Wildman–Crippen LogP) is 2.46. The fourth-order valence-corrected chi connectivity index (χ4v) is 2.40. The van der Waals surface area contributed by atoms with Gasteiger partial charge in [0.2, 0.25) is 0 Å². The molecule has 0 N–H and O–H groups in total. The monoisotopic (exact) mass is 326 g/mol. The standard InChI is InChI=1S/C16H22N2O3.ClH/c1-2-21-16(20)18-12-10-17(11-13-18)9-8-15(19)14-6-4-3-5-7-14;/h3-7H,2,8-13H2,1H3;1H. The van der Waals surface area contributed by atoms with Gasteiger partial charge in [0.05, 0.1) is 6.61 Å². The Morgan fingerprint density at radius 1 is 1.09 bits per heavy atom. The lowest BCUT2D eigenvalue weighted by atomic mass is 10.1. The molecule has 1 amide bonds. The Balaban J connectivity index is 0.00000242. The molecule has 1 heterocycles. The van der Waals surface area contributed by atoms with Crippen LogP contribution in [0, 0.1) is 0 Å². The lowest BCUT2D eigenvalue weighted by Gasteiger charge is -2.33. The van der Waals surface area contributed by atoms with Crippen molar-refractivity contribution in [3.8, 4) is 0 Å². The number of piperazine rings is 1. The summed E-state index contributed by atoms with van der Waals surface area (Å²) in [6.45, 7) is 5.87. The van der Waals surface area contributed by atoms with E-state index in [0.717, 1.165) is 25.2 Å². The molecule has 0 radical (unpaired) electrons. The van der Waals surface area contributed by atoms with E-state index in [1.807, 2.05) is 37.3 Å². The van der Waals surface area contributed by atoms with E-state index in [-0.39, 0.29) is 24.3 Å². The molecule has 1 aromatic rings. The van der Waals surface area contributed by atoms with Crippen LogP contribution >= 0.6 is 12.4 Å². The van der Waals surface area contributed by atoms with Crippen molar-refractivity contribution < 1.29 is 14.3 Å². The van der Waals surface area contributed by atoms with Crippen molar-refractivity contribution in [3.05, 3.63) is 35.9 Å². The SMILES string of the molecule is CCOC(=O)N1CCN(CCC(=O)c2ccccc2)CC1.Cl. The van der Waals surface area contributed by atoms with Crippen molar-refractivity contribution >= 4 is 24.3 Å². The number of hydrogen-bond donors (Lipinski definition) is 0. The van der Waals surface area contributed by atoms with Crippen molar-refractivity contribution in [1.29, 1.82) is 0 Å². The first-order valence-electron chi connectivity index (χ1n) is 7.43. The fourth-order valence-electron chi connectivity index (χ4n) is 2.40. The topological polar surface area (TPSA) is 49.9 Å². The van der Waals surface area contributed by atoms with E-state index in [1.54, 1.807) is 4.90 Å². The number of amides is 1. The minimum absolute atomic E-state index is 0. The second-order valence-electron chi connectivity index (χ2n) is 5.07. The zero-order valence-electron chi connectivity index (χ0n) is 12.9. The van der Waals surface area contributed by atoms with Gasteiger partial charge in [-0.15, -0.1) is 12.4 Å². The molecule has 2 rings (SSSR count). The molecule has 1 saturated heterocycles. The van der Waals surface area contributed by atoms with Gasteiger partial charge in [-0.05, 0) is 6.92 Å². The number of halogens is 1. The molecule has 1 aliphatic heterocycles. The number of hydrogen-bond acceptors (Lipinski definition) is 4. The predicted molar refractivity (Wildman–Crippen MR) is 87.7 cm³/mol. The summed E-state index contributed by atoms with van der Waals surface area (Å²) >= 11 is 0. The Hall–Kier alpha value is -1.59. The van der Waals surface area contributed by atoms with Gasteiger partial charge in [0, 0.05) is 44.7 Å². The molecule has 0 spiro atoms. The van der Waals surface area contributed by atoms with Gasteiger partial charge in [-0.2, -0.15) is 0 Å². The van der Waals surface area contributed by atoms with Crippen LogP contribution < -0.4 is 0 Å². The van der Waals surface area contributed by atoms with Gasteiger partial charge in [0.1, 0.15) is 0 Å². The number of Topliss-reactive ketones (excluding diaryl/α,β-unsaturated/α-hetero) is 1. The van der Waals surface area contributed by atoms with Gasteiger partial charge < -0.3 is 9.64 Å². The second-order valence-corrected chi connectivity index (χ2v) is 5.07. The molecule has 122 valence electrons. The lowest BCUT2D eigenvalue weighted by Crippen LogP contribution is -2.49. The highest BCUT2D eigenvalue weighted by atomic mass is 35.5. The summed E-state index contributed by atoms with van der Waals surface area (Å²) in [5.74, 6) is 0.170. The Bertz CT molecular complexity index is 474. The molecular weight excluding hydrogens is 304 g/mol. The van der Waals surface area contributed by atoms with Crippen LogP contribution in [0.2, 0.25) is 0 Å². The maximum absolute atomic E-state index is 12.0. The van der Waals surface area contributed by atoms with E-state index in [9.17, 15) is 9.59 Å². The van der Waals surface area contributed by atoms with Crippen molar-refractivity contribution in [2.75, 3.05) is 39.3 Å². The van der Waals surface area contributed by atoms with Gasteiger partial charge in [-0.25, -0.2) is 4.79 Å². The van der Waals surface area contributed by atoms with E-state index in [0.29, 0.717) is 26.1 Å². The summed E-state index contributed by atoms with van der Waals surface area (Å²) in [6.07, 6.45) is 0.279. The molecule has 0 aromatic heterocycles. The summed E-state index contributed by atoms with van der Waals surface area (Å²) < 4.78 is 4.99. The Morgan fingerprint density at radius 2 is 1.73 bits per heavy atom. The van der Waals surface area contributed by atoms with Crippen LogP contribution in [0.1, 0.15) is 23.7 Å². The first kappa shape index (κ1) is 18.5. The van der Waals surface area contributed by atoms with Crippen molar-refractivity contribution in [2.24, 2.45) is 0 Å². The highest BCUT2D eigenvalue weighted by Crippen LogP contribution is 2.07. The zero-order chi connectivity index (χ0) is 15.1. The highest BCUT2D eigenvalue weighted by Gasteiger charge is 2.22. The van der Waals surface area contributed by atoms with Gasteiger partial charge in [-0.3, -0.25) is 9.69 Å². The lowest BCUT2D eigenvalue weighted by molar-refractivity contribution is 0.0764. The third-order valence-corrected chi connectivity index (χ3v) is 3.65. The summed E-state index contributed by atoms with van der Waals surface area (Å²) in [6, 6.07) is 9.37. The number of ketones is 1. The quantitative estimate of drug-likeness (QED) is 0.780. The minimum Gasteiger partial charge on any atom is -0.450 e. The molecular formula is C16H23ClN2O3. The van der Waals surface area contributed by atoms with E-state index >= 15 is 0 Å². The third-order valence-electron chi connectivity index (χ3n) is 3.65. The molecule has 0 saturated carbocycles. The van der Waals surface area contributed by atoms with Crippen LogP contribution in [0.25, 0.3) is 0 Å². The molecule has 0 unspecified atom stereocenters. The molecule has 1 fully saturated rings. The van der Waals surface area contributed by atoms with Gasteiger partial charge in [0.25, 0.3) is 0 Å². The number of nitrogens with zero attached hydrogens (tertiary/aromatic N) is 2. The van der Waals surface area contributed by atoms with Crippen LogP contribution in [0.3, 0.4) is 0 Å². The summed E-state index contributed by atoms with van der Waals surface area (Å²) in [7, 11) is 0. The number of ether oxygens (including phenoxy) is 1. The fraction of sp³-hybridized carbons (Fsp3) is 0.500. The number of rotatable bonds is 5. The van der Waals surface area contributed by atoms with Crippen LogP contribution in [-0.4, -0.2) is 61.0 Å². The van der Waals surface area contributed by atoms with Gasteiger partial charge >= 0.3 is 6.09 Å².